The first-order chi connectivity index (χ1) is 15.0. The zero-order valence-corrected chi connectivity index (χ0v) is 20.3. The van der Waals surface area contributed by atoms with Crippen LogP contribution in [0.15, 0.2) is 60.7 Å². The predicted octanol–water partition coefficient (Wildman–Crippen LogP) is 7.66. The van der Waals surface area contributed by atoms with Crippen molar-refractivity contribution in [3.63, 3.8) is 0 Å². The maximum atomic E-state index is 13.3. The summed E-state index contributed by atoms with van der Waals surface area (Å²) in [6.07, 6.45) is 0. The molecule has 3 heteroatoms. The molecule has 32 heavy (non-hydrogen) atoms. The van der Waals surface area contributed by atoms with E-state index in [2.05, 4.69) is 101 Å². The molecular formula is C29H34N2O. The molecule has 1 heterocycles. The average Bonchev–Trinajstić information content (AvgIpc) is 3.05. The third-order valence-corrected chi connectivity index (χ3v) is 6.27. The molecule has 0 atom stereocenters. The molecule has 4 aromatic rings. The number of aryl methyl sites for hydroxylation is 1. The maximum Gasteiger partial charge on any atom is 0.255 e. The molecule has 1 N–H and O–H groups in total. The first-order valence-electron chi connectivity index (χ1n) is 11.5. The van der Waals surface area contributed by atoms with E-state index in [1.807, 2.05) is 18.2 Å². The molecule has 3 aromatic carbocycles. The van der Waals surface area contributed by atoms with Gasteiger partial charge in [0.1, 0.15) is 0 Å². The van der Waals surface area contributed by atoms with Crippen LogP contribution in [0.3, 0.4) is 0 Å². The van der Waals surface area contributed by atoms with Gasteiger partial charge in [-0.15, -0.1) is 0 Å². The summed E-state index contributed by atoms with van der Waals surface area (Å²) in [5.41, 5.74) is 6.23. The fourth-order valence-electron chi connectivity index (χ4n) is 4.30. The van der Waals surface area contributed by atoms with E-state index in [1.54, 1.807) is 0 Å². The molecule has 0 aliphatic heterocycles. The Kier molecular flexibility index (Phi) is 5.40. The van der Waals surface area contributed by atoms with Gasteiger partial charge in [-0.25, -0.2) is 0 Å². The Labute approximate surface area is 191 Å². The van der Waals surface area contributed by atoms with Crippen molar-refractivity contribution >= 4 is 33.4 Å². The predicted molar refractivity (Wildman–Crippen MR) is 137 cm³/mol. The molecule has 1 aromatic heterocycles. The van der Waals surface area contributed by atoms with Crippen molar-refractivity contribution < 1.29 is 4.79 Å². The van der Waals surface area contributed by atoms with E-state index in [-0.39, 0.29) is 16.7 Å². The normalized spacial score (nSPS) is 12.5. The lowest BCUT2D eigenvalue weighted by Gasteiger charge is -2.26. The van der Waals surface area contributed by atoms with Crippen LogP contribution in [0.4, 0.5) is 5.69 Å². The lowest BCUT2D eigenvalue weighted by molar-refractivity contribution is 0.102. The van der Waals surface area contributed by atoms with Gasteiger partial charge in [-0.1, -0.05) is 65.8 Å². The molecule has 166 valence electrons. The van der Waals surface area contributed by atoms with Gasteiger partial charge in [0.15, 0.2) is 0 Å². The Bertz CT molecular complexity index is 1280. The Morgan fingerprint density at radius 1 is 0.781 bits per heavy atom. The van der Waals surface area contributed by atoms with Crippen LogP contribution in [0.5, 0.6) is 0 Å². The Hall–Kier alpha value is -3.07. The van der Waals surface area contributed by atoms with Crippen molar-refractivity contribution in [1.29, 1.82) is 0 Å². The van der Waals surface area contributed by atoms with Gasteiger partial charge < -0.3 is 9.88 Å². The largest absolute Gasteiger partial charge is 0.341 e. The lowest BCUT2D eigenvalue weighted by Crippen LogP contribution is -2.20. The number of para-hydroxylation sites is 1. The molecule has 0 radical (unpaired) electrons. The minimum atomic E-state index is -0.0693. The van der Waals surface area contributed by atoms with Crippen molar-refractivity contribution in [2.75, 3.05) is 5.32 Å². The fraction of sp³-hybridized carbons (Fsp3) is 0.345. The minimum absolute atomic E-state index is 0.0306. The van der Waals surface area contributed by atoms with E-state index in [0.29, 0.717) is 5.56 Å². The molecule has 1 amide bonds. The number of aromatic nitrogens is 1. The second kappa shape index (κ2) is 7.81. The molecular weight excluding hydrogens is 392 g/mol. The van der Waals surface area contributed by atoms with Crippen LogP contribution < -0.4 is 5.32 Å². The molecule has 0 bridgehead atoms. The van der Waals surface area contributed by atoms with Crippen LogP contribution in [0, 0.1) is 0 Å². The molecule has 3 nitrogen and oxygen atoms in total. The van der Waals surface area contributed by atoms with E-state index in [1.165, 1.54) is 32.9 Å². The third-order valence-electron chi connectivity index (χ3n) is 6.27. The quantitative estimate of drug-likeness (QED) is 0.358. The first-order valence-corrected chi connectivity index (χ1v) is 11.5. The summed E-state index contributed by atoms with van der Waals surface area (Å²) >= 11 is 0. The highest BCUT2D eigenvalue weighted by Crippen LogP contribution is 2.33. The van der Waals surface area contributed by atoms with Crippen molar-refractivity contribution in [3.8, 4) is 0 Å². The highest BCUT2D eigenvalue weighted by molar-refractivity contribution is 6.11. The highest BCUT2D eigenvalue weighted by atomic mass is 16.1. The van der Waals surface area contributed by atoms with Gasteiger partial charge in [0.2, 0.25) is 0 Å². The standard InChI is InChI=1S/C29H34N2O/c1-8-31-25-12-10-9-11-23(25)24-18-22(13-14-26(24)31)30-27(32)19-15-20(28(2,3)4)17-21(16-19)29(5,6)7/h9-18H,8H2,1-7H3,(H,30,32). The van der Waals surface area contributed by atoms with E-state index in [4.69, 9.17) is 0 Å². The summed E-state index contributed by atoms with van der Waals surface area (Å²) < 4.78 is 2.32. The zero-order valence-electron chi connectivity index (χ0n) is 20.3. The molecule has 0 aliphatic rings. The van der Waals surface area contributed by atoms with Crippen molar-refractivity contribution in [1.82, 2.24) is 4.57 Å². The van der Waals surface area contributed by atoms with Gasteiger partial charge in [0.25, 0.3) is 5.91 Å². The molecule has 0 unspecified atom stereocenters. The van der Waals surface area contributed by atoms with Crippen molar-refractivity contribution in [3.05, 3.63) is 77.4 Å². The first kappa shape index (κ1) is 22.1. The van der Waals surface area contributed by atoms with Crippen LogP contribution in [0.25, 0.3) is 21.8 Å². The number of nitrogens with one attached hydrogen (secondary N) is 1. The molecule has 0 saturated heterocycles. The number of hydrogen-bond acceptors (Lipinski definition) is 1. The number of amides is 1. The summed E-state index contributed by atoms with van der Waals surface area (Å²) in [6, 6.07) is 21.0. The number of anilines is 1. The molecule has 0 aliphatic carbocycles. The Balaban J connectivity index is 1.75. The van der Waals surface area contributed by atoms with Gasteiger partial charge in [0, 0.05) is 39.6 Å². The highest BCUT2D eigenvalue weighted by Gasteiger charge is 2.22. The molecule has 0 saturated carbocycles. The van der Waals surface area contributed by atoms with Crippen LogP contribution in [0.1, 0.15) is 70.0 Å². The number of benzene rings is 3. The minimum Gasteiger partial charge on any atom is -0.341 e. The van der Waals surface area contributed by atoms with E-state index < -0.39 is 0 Å². The van der Waals surface area contributed by atoms with Crippen LogP contribution in [-0.2, 0) is 17.4 Å². The monoisotopic (exact) mass is 426 g/mol. The fourth-order valence-corrected chi connectivity index (χ4v) is 4.30. The van der Waals surface area contributed by atoms with Gasteiger partial charge in [-0.2, -0.15) is 0 Å². The van der Waals surface area contributed by atoms with Crippen LogP contribution >= 0.6 is 0 Å². The number of nitrogens with zero attached hydrogens (tertiary/aromatic N) is 1. The van der Waals surface area contributed by atoms with Crippen LogP contribution in [0.2, 0.25) is 0 Å². The maximum absolute atomic E-state index is 13.3. The van der Waals surface area contributed by atoms with Crippen molar-refractivity contribution in [2.24, 2.45) is 0 Å². The zero-order chi connectivity index (χ0) is 23.3. The summed E-state index contributed by atoms with van der Waals surface area (Å²) in [5.74, 6) is -0.0693. The number of fused-ring (bicyclic) bond motifs is 3. The molecule has 0 spiro atoms. The van der Waals surface area contributed by atoms with Crippen LogP contribution in [-0.4, -0.2) is 10.5 Å². The van der Waals surface area contributed by atoms with Crippen molar-refractivity contribution in [2.45, 2.75) is 65.8 Å². The number of carbonyl (C=O) groups excluding carboxylic acids is 1. The number of carbonyl (C=O) groups is 1. The second-order valence-electron chi connectivity index (χ2n) is 10.7. The SMILES string of the molecule is CCn1c2ccccc2c2cc(NC(=O)c3cc(C(C)(C)C)cc(C(C)(C)C)c3)ccc21. The number of rotatable bonds is 3. The second-order valence-corrected chi connectivity index (χ2v) is 10.7. The smallest absolute Gasteiger partial charge is 0.255 e. The Morgan fingerprint density at radius 3 is 1.97 bits per heavy atom. The summed E-state index contributed by atoms with van der Waals surface area (Å²) in [5, 5.41) is 5.53. The van der Waals surface area contributed by atoms with Gasteiger partial charge in [0.05, 0.1) is 0 Å². The van der Waals surface area contributed by atoms with E-state index in [9.17, 15) is 4.79 Å². The average molecular weight is 427 g/mol. The molecule has 4 rings (SSSR count). The van der Waals surface area contributed by atoms with E-state index >= 15 is 0 Å². The van der Waals surface area contributed by atoms with Gasteiger partial charge in [-0.05, 0) is 65.3 Å². The topological polar surface area (TPSA) is 34.0 Å². The molecule has 0 fully saturated rings. The van der Waals surface area contributed by atoms with Gasteiger partial charge >= 0.3 is 0 Å². The summed E-state index contributed by atoms with van der Waals surface area (Å²) in [7, 11) is 0. The lowest BCUT2D eigenvalue weighted by atomic mass is 9.79. The number of hydrogen-bond donors (Lipinski definition) is 1. The van der Waals surface area contributed by atoms with Gasteiger partial charge in [-0.3, -0.25) is 4.79 Å². The van der Waals surface area contributed by atoms with E-state index in [0.717, 1.165) is 12.2 Å². The summed E-state index contributed by atoms with van der Waals surface area (Å²) in [4.78, 5) is 13.3. The Morgan fingerprint density at radius 2 is 1.38 bits per heavy atom. The third kappa shape index (κ3) is 4.04. The summed E-state index contributed by atoms with van der Waals surface area (Å²) in [6.45, 7) is 16.2.